The number of carboxylic acid groups (broad SMARTS) is 1. The molecule has 1 atom stereocenters. The van der Waals surface area contributed by atoms with Gasteiger partial charge in [0.15, 0.2) is 0 Å². The molecule has 0 spiro atoms. The molecule has 2 aliphatic heterocycles. The summed E-state index contributed by atoms with van der Waals surface area (Å²) in [6.07, 6.45) is 4.31. The van der Waals surface area contributed by atoms with Crippen molar-refractivity contribution in [3.63, 3.8) is 0 Å². The Morgan fingerprint density at radius 3 is 2.46 bits per heavy atom. The van der Waals surface area contributed by atoms with E-state index in [0.29, 0.717) is 18.0 Å². The first kappa shape index (κ1) is 22.9. The molecule has 2 aromatic carbocycles. The Kier molecular flexibility index (Phi) is 6.66. The zero-order chi connectivity index (χ0) is 24.2. The van der Waals surface area contributed by atoms with Crippen LogP contribution in [0.25, 0.3) is 0 Å². The van der Waals surface area contributed by atoms with Crippen LogP contribution in [0, 0.1) is 5.92 Å². The average Bonchev–Trinajstić information content (AvgIpc) is 3.23. The number of pyridine rings is 1. The van der Waals surface area contributed by atoms with Crippen molar-refractivity contribution in [3.05, 3.63) is 89.6 Å². The van der Waals surface area contributed by atoms with E-state index in [4.69, 9.17) is 0 Å². The van der Waals surface area contributed by atoms with Crippen molar-refractivity contribution in [1.82, 2.24) is 9.88 Å². The van der Waals surface area contributed by atoms with Crippen molar-refractivity contribution in [2.75, 3.05) is 29.9 Å². The van der Waals surface area contributed by atoms with Crippen LogP contribution in [0.15, 0.2) is 72.9 Å². The lowest BCUT2D eigenvalue weighted by Gasteiger charge is -2.34. The minimum Gasteiger partial charge on any atom is -0.480 e. The molecule has 2 aliphatic rings. The van der Waals surface area contributed by atoms with Crippen LogP contribution < -0.4 is 10.2 Å². The van der Waals surface area contributed by atoms with E-state index in [1.54, 1.807) is 12.3 Å². The largest absolute Gasteiger partial charge is 0.480 e. The fraction of sp³-hybridized carbons (Fsp3) is 0.321. The van der Waals surface area contributed by atoms with Crippen LogP contribution in [-0.4, -0.2) is 52.5 Å². The number of nitrogens with zero attached hydrogens (tertiary/aromatic N) is 3. The Morgan fingerprint density at radius 1 is 1.03 bits per heavy atom. The number of anilines is 2. The number of hydrogen-bond donors (Lipinski definition) is 2. The van der Waals surface area contributed by atoms with Crippen molar-refractivity contribution in [1.29, 1.82) is 0 Å². The van der Waals surface area contributed by atoms with E-state index in [9.17, 15) is 14.7 Å². The molecule has 3 heterocycles. The third-order valence-electron chi connectivity index (χ3n) is 7.09. The topological polar surface area (TPSA) is 85.8 Å². The van der Waals surface area contributed by atoms with E-state index in [1.807, 2.05) is 48.5 Å². The average molecular weight is 471 g/mol. The van der Waals surface area contributed by atoms with Gasteiger partial charge < -0.3 is 20.2 Å². The third kappa shape index (κ3) is 5.14. The predicted octanol–water partition coefficient (Wildman–Crippen LogP) is 4.06. The van der Waals surface area contributed by atoms with Gasteiger partial charge in [0.2, 0.25) is 0 Å². The minimum absolute atomic E-state index is 0.204. The van der Waals surface area contributed by atoms with Gasteiger partial charge in [0.25, 0.3) is 5.91 Å². The van der Waals surface area contributed by atoms with Crippen LogP contribution in [0.1, 0.15) is 34.3 Å². The van der Waals surface area contributed by atoms with Crippen LogP contribution in [0.2, 0.25) is 0 Å². The molecular formula is C28H30N4O3. The first-order valence-corrected chi connectivity index (χ1v) is 12.2. The number of aliphatic carboxylic acids is 1. The number of amides is 1. The molecule has 35 heavy (non-hydrogen) atoms. The Balaban J connectivity index is 1.16. The lowest BCUT2D eigenvalue weighted by atomic mass is 9.96. The second kappa shape index (κ2) is 10.2. The summed E-state index contributed by atoms with van der Waals surface area (Å²) < 4.78 is 0. The van der Waals surface area contributed by atoms with Crippen LogP contribution in [-0.2, 0) is 17.8 Å². The van der Waals surface area contributed by atoms with Gasteiger partial charge in [0.05, 0.1) is 0 Å². The predicted molar refractivity (Wildman–Crippen MR) is 136 cm³/mol. The van der Waals surface area contributed by atoms with E-state index >= 15 is 0 Å². The van der Waals surface area contributed by atoms with Crippen LogP contribution in [0.3, 0.4) is 0 Å². The third-order valence-corrected chi connectivity index (χ3v) is 7.09. The van der Waals surface area contributed by atoms with Gasteiger partial charge in [-0.3, -0.25) is 4.79 Å². The molecule has 0 aliphatic carbocycles. The van der Waals surface area contributed by atoms with Crippen molar-refractivity contribution >= 4 is 23.4 Å². The number of nitrogens with one attached hydrogen (secondary N) is 1. The molecule has 0 unspecified atom stereocenters. The van der Waals surface area contributed by atoms with Crippen molar-refractivity contribution in [2.24, 2.45) is 5.92 Å². The highest BCUT2D eigenvalue weighted by Gasteiger charge is 2.36. The molecule has 0 radical (unpaired) electrons. The van der Waals surface area contributed by atoms with E-state index in [-0.39, 0.29) is 12.3 Å². The second-order valence-corrected chi connectivity index (χ2v) is 9.34. The molecule has 1 fully saturated rings. The smallest absolute Gasteiger partial charge is 0.326 e. The first-order valence-electron chi connectivity index (χ1n) is 12.2. The highest BCUT2D eigenvalue weighted by Crippen LogP contribution is 2.27. The van der Waals surface area contributed by atoms with Crippen LogP contribution in [0.4, 0.5) is 11.5 Å². The molecule has 0 bridgehead atoms. The molecule has 5 rings (SSSR count). The summed E-state index contributed by atoms with van der Waals surface area (Å²) in [4.78, 5) is 33.0. The molecule has 2 N–H and O–H groups in total. The molecule has 0 saturated carbocycles. The van der Waals surface area contributed by atoms with Gasteiger partial charge in [-0.2, -0.15) is 0 Å². The lowest BCUT2D eigenvalue weighted by molar-refractivity contribution is -0.142. The summed E-state index contributed by atoms with van der Waals surface area (Å²) in [5, 5.41) is 13.3. The number of rotatable bonds is 8. The number of carbonyl (C=O) groups is 2. The maximum Gasteiger partial charge on any atom is 0.326 e. The monoisotopic (exact) mass is 470 g/mol. The minimum atomic E-state index is -0.975. The number of piperidine rings is 1. The van der Waals surface area contributed by atoms with Gasteiger partial charge in [0.1, 0.15) is 11.9 Å². The summed E-state index contributed by atoms with van der Waals surface area (Å²) in [7, 11) is 0. The molecule has 7 heteroatoms. The zero-order valence-electron chi connectivity index (χ0n) is 19.6. The SMILES string of the molecule is O=C(O)[C@H](Cc1ccc(N2CCC(CNc3ccccn3)CC2)cc1)N1Cc2ccccc2C1=O. The fourth-order valence-electron chi connectivity index (χ4n) is 5.04. The van der Waals surface area contributed by atoms with E-state index in [1.165, 1.54) is 4.90 Å². The number of benzene rings is 2. The molecular weight excluding hydrogens is 440 g/mol. The van der Waals surface area contributed by atoms with Crippen molar-refractivity contribution < 1.29 is 14.7 Å². The zero-order valence-corrected chi connectivity index (χ0v) is 19.6. The van der Waals surface area contributed by atoms with E-state index in [2.05, 4.69) is 27.3 Å². The number of carboxylic acids is 1. The number of aromatic nitrogens is 1. The van der Waals surface area contributed by atoms with Gasteiger partial charge in [0, 0.05) is 50.0 Å². The molecule has 3 aromatic rings. The van der Waals surface area contributed by atoms with E-state index < -0.39 is 12.0 Å². The van der Waals surface area contributed by atoms with Crippen LogP contribution >= 0.6 is 0 Å². The van der Waals surface area contributed by atoms with E-state index in [0.717, 1.165) is 55.1 Å². The lowest BCUT2D eigenvalue weighted by Crippen LogP contribution is -2.42. The fourth-order valence-corrected chi connectivity index (χ4v) is 5.04. The summed E-state index contributed by atoms with van der Waals surface area (Å²) in [5.74, 6) is 0.359. The van der Waals surface area contributed by atoms with Gasteiger partial charge in [-0.15, -0.1) is 0 Å². The van der Waals surface area contributed by atoms with Crippen LogP contribution in [0.5, 0.6) is 0 Å². The maximum absolute atomic E-state index is 12.8. The molecule has 7 nitrogen and oxygen atoms in total. The number of carbonyl (C=O) groups excluding carboxylic acids is 1. The Labute approximate surface area is 205 Å². The van der Waals surface area contributed by atoms with Crippen molar-refractivity contribution in [3.8, 4) is 0 Å². The Hall–Kier alpha value is -3.87. The maximum atomic E-state index is 12.8. The van der Waals surface area contributed by atoms with Gasteiger partial charge in [-0.25, -0.2) is 9.78 Å². The Bertz CT molecular complexity index is 1170. The summed E-state index contributed by atoms with van der Waals surface area (Å²) in [6, 6.07) is 20.5. The molecule has 1 saturated heterocycles. The quantitative estimate of drug-likeness (QED) is 0.516. The summed E-state index contributed by atoms with van der Waals surface area (Å²) in [5.41, 5.74) is 3.56. The van der Waals surface area contributed by atoms with Gasteiger partial charge in [-0.05, 0) is 60.2 Å². The highest BCUT2D eigenvalue weighted by molar-refractivity contribution is 6.00. The molecule has 1 aromatic heterocycles. The second-order valence-electron chi connectivity index (χ2n) is 9.34. The molecule has 1 amide bonds. The first-order chi connectivity index (χ1) is 17.1. The van der Waals surface area contributed by atoms with Gasteiger partial charge >= 0.3 is 5.97 Å². The number of hydrogen-bond acceptors (Lipinski definition) is 5. The normalized spacial score (nSPS) is 16.7. The summed E-state index contributed by atoms with van der Waals surface area (Å²) >= 11 is 0. The molecule has 180 valence electrons. The Morgan fingerprint density at radius 2 is 1.77 bits per heavy atom. The summed E-state index contributed by atoms with van der Waals surface area (Å²) in [6.45, 7) is 3.26. The van der Waals surface area contributed by atoms with Gasteiger partial charge in [-0.1, -0.05) is 36.4 Å². The highest BCUT2D eigenvalue weighted by atomic mass is 16.4. The number of fused-ring (bicyclic) bond motifs is 1. The standard InChI is InChI=1S/C28H30N4O3/c33-27-24-6-2-1-5-22(24)19-32(27)25(28(34)35)17-20-8-10-23(11-9-20)31-15-12-21(13-16-31)18-30-26-7-3-4-14-29-26/h1-11,14,21,25H,12-13,15-19H2,(H,29,30)(H,34,35)/t25-/m0/s1. The van der Waals surface area contributed by atoms with Crippen molar-refractivity contribution in [2.45, 2.75) is 31.8 Å².